The lowest BCUT2D eigenvalue weighted by atomic mass is 10.1. The minimum absolute atomic E-state index is 0.147. The van der Waals surface area contributed by atoms with Crippen LogP contribution in [0.3, 0.4) is 0 Å². The van der Waals surface area contributed by atoms with Gasteiger partial charge in [0.1, 0.15) is 0 Å². The third-order valence-corrected chi connectivity index (χ3v) is 2.53. The average molecular weight is 232 g/mol. The molecule has 0 fully saturated rings. The summed E-state index contributed by atoms with van der Waals surface area (Å²) >= 11 is 0. The standard InChI is InChI=1S/C15H24N2/c1-13(11-16-15(2,3)4)12-17(5)14-9-7-6-8-10-14/h6-10,16H,1,11-12H2,2-5H3. The minimum Gasteiger partial charge on any atom is -0.371 e. The predicted octanol–water partition coefficient (Wildman–Crippen LogP) is 3.07. The molecule has 2 nitrogen and oxygen atoms in total. The highest BCUT2D eigenvalue weighted by molar-refractivity contribution is 5.46. The van der Waals surface area contributed by atoms with E-state index in [2.05, 4.69) is 68.9 Å². The Morgan fingerprint density at radius 3 is 2.35 bits per heavy atom. The van der Waals surface area contributed by atoms with E-state index >= 15 is 0 Å². The molecule has 0 saturated carbocycles. The quantitative estimate of drug-likeness (QED) is 0.785. The van der Waals surface area contributed by atoms with Crippen molar-refractivity contribution in [3.05, 3.63) is 42.5 Å². The van der Waals surface area contributed by atoms with Crippen LogP contribution in [0.2, 0.25) is 0 Å². The van der Waals surface area contributed by atoms with E-state index in [1.165, 1.54) is 11.3 Å². The SMILES string of the molecule is C=C(CNC(C)(C)C)CN(C)c1ccccc1. The molecule has 1 rings (SSSR count). The molecule has 2 heteroatoms. The molecule has 0 amide bonds. The molecule has 0 heterocycles. The summed E-state index contributed by atoms with van der Waals surface area (Å²) in [6.45, 7) is 12.4. The zero-order valence-electron chi connectivity index (χ0n) is 11.5. The van der Waals surface area contributed by atoms with Crippen LogP contribution in [0.5, 0.6) is 0 Å². The van der Waals surface area contributed by atoms with Crippen molar-refractivity contribution in [2.75, 3.05) is 25.0 Å². The van der Waals surface area contributed by atoms with Crippen molar-refractivity contribution in [1.29, 1.82) is 0 Å². The van der Waals surface area contributed by atoms with E-state index in [1.807, 2.05) is 6.07 Å². The van der Waals surface area contributed by atoms with Crippen LogP contribution in [0, 0.1) is 0 Å². The average Bonchev–Trinajstić information content (AvgIpc) is 2.27. The lowest BCUT2D eigenvalue weighted by Gasteiger charge is -2.24. The number of hydrogen-bond donors (Lipinski definition) is 1. The Bertz CT molecular complexity index is 349. The van der Waals surface area contributed by atoms with Gasteiger partial charge in [0.25, 0.3) is 0 Å². The van der Waals surface area contributed by atoms with Gasteiger partial charge in [-0.3, -0.25) is 0 Å². The zero-order chi connectivity index (χ0) is 12.9. The van der Waals surface area contributed by atoms with Crippen LogP contribution in [0.4, 0.5) is 5.69 Å². The molecular weight excluding hydrogens is 208 g/mol. The van der Waals surface area contributed by atoms with Gasteiger partial charge in [-0.25, -0.2) is 0 Å². The van der Waals surface area contributed by atoms with Crippen LogP contribution in [0.25, 0.3) is 0 Å². The smallest absolute Gasteiger partial charge is 0.0395 e. The van der Waals surface area contributed by atoms with Gasteiger partial charge < -0.3 is 10.2 Å². The first-order chi connectivity index (χ1) is 7.88. The Kier molecular flexibility index (Phi) is 4.76. The molecule has 0 aromatic heterocycles. The highest BCUT2D eigenvalue weighted by atomic mass is 15.1. The van der Waals surface area contributed by atoms with Crippen molar-refractivity contribution in [1.82, 2.24) is 5.32 Å². The Balaban J connectivity index is 2.42. The van der Waals surface area contributed by atoms with Gasteiger partial charge in [-0.05, 0) is 38.5 Å². The Hall–Kier alpha value is -1.28. The zero-order valence-corrected chi connectivity index (χ0v) is 11.5. The predicted molar refractivity (Wildman–Crippen MR) is 76.6 cm³/mol. The maximum Gasteiger partial charge on any atom is 0.0395 e. The molecule has 0 spiro atoms. The number of likely N-dealkylation sites (N-methyl/N-ethyl adjacent to an activating group) is 1. The number of hydrogen-bond acceptors (Lipinski definition) is 2. The summed E-state index contributed by atoms with van der Waals surface area (Å²) in [4.78, 5) is 2.21. The van der Waals surface area contributed by atoms with E-state index in [9.17, 15) is 0 Å². The van der Waals surface area contributed by atoms with Crippen molar-refractivity contribution in [2.45, 2.75) is 26.3 Å². The number of nitrogens with zero attached hydrogens (tertiary/aromatic N) is 1. The molecule has 0 saturated heterocycles. The van der Waals surface area contributed by atoms with Gasteiger partial charge in [0.05, 0.1) is 0 Å². The van der Waals surface area contributed by atoms with E-state index in [1.54, 1.807) is 0 Å². The van der Waals surface area contributed by atoms with Crippen molar-refractivity contribution >= 4 is 5.69 Å². The third kappa shape index (κ3) is 5.55. The second kappa shape index (κ2) is 5.87. The van der Waals surface area contributed by atoms with Gasteiger partial charge in [0, 0.05) is 31.4 Å². The lowest BCUT2D eigenvalue weighted by Crippen LogP contribution is -2.38. The first-order valence-corrected chi connectivity index (χ1v) is 6.06. The summed E-state index contributed by atoms with van der Waals surface area (Å²) in [5.74, 6) is 0. The largest absolute Gasteiger partial charge is 0.371 e. The summed E-state index contributed by atoms with van der Waals surface area (Å²) in [6.07, 6.45) is 0. The molecule has 1 aromatic carbocycles. The fourth-order valence-electron chi connectivity index (χ4n) is 1.56. The van der Waals surface area contributed by atoms with Crippen LogP contribution in [-0.2, 0) is 0 Å². The van der Waals surface area contributed by atoms with E-state index < -0.39 is 0 Å². The molecule has 0 atom stereocenters. The second-order valence-corrected chi connectivity index (χ2v) is 5.55. The van der Waals surface area contributed by atoms with Crippen LogP contribution in [-0.4, -0.2) is 25.7 Å². The fraction of sp³-hybridized carbons (Fsp3) is 0.467. The molecule has 0 unspecified atom stereocenters. The highest BCUT2D eigenvalue weighted by Gasteiger charge is 2.09. The Morgan fingerprint density at radius 2 is 1.82 bits per heavy atom. The van der Waals surface area contributed by atoms with Gasteiger partial charge >= 0.3 is 0 Å². The maximum atomic E-state index is 4.12. The van der Waals surface area contributed by atoms with Crippen LogP contribution < -0.4 is 10.2 Å². The number of para-hydroxylation sites is 1. The van der Waals surface area contributed by atoms with Crippen molar-refractivity contribution < 1.29 is 0 Å². The topological polar surface area (TPSA) is 15.3 Å². The summed E-state index contributed by atoms with van der Waals surface area (Å²) in [6, 6.07) is 10.4. The molecule has 0 aliphatic rings. The van der Waals surface area contributed by atoms with Crippen LogP contribution >= 0.6 is 0 Å². The van der Waals surface area contributed by atoms with Crippen molar-refractivity contribution in [3.63, 3.8) is 0 Å². The van der Waals surface area contributed by atoms with Gasteiger partial charge in [-0.2, -0.15) is 0 Å². The van der Waals surface area contributed by atoms with Crippen molar-refractivity contribution in [2.24, 2.45) is 0 Å². The molecule has 0 aliphatic heterocycles. The minimum atomic E-state index is 0.147. The normalized spacial score (nSPS) is 11.3. The molecule has 1 aromatic rings. The number of rotatable bonds is 5. The van der Waals surface area contributed by atoms with E-state index in [0.29, 0.717) is 0 Å². The lowest BCUT2D eigenvalue weighted by molar-refractivity contribution is 0.443. The number of anilines is 1. The highest BCUT2D eigenvalue weighted by Crippen LogP contribution is 2.12. The van der Waals surface area contributed by atoms with Crippen LogP contribution in [0.1, 0.15) is 20.8 Å². The monoisotopic (exact) mass is 232 g/mol. The van der Waals surface area contributed by atoms with E-state index in [0.717, 1.165) is 13.1 Å². The van der Waals surface area contributed by atoms with Gasteiger partial charge in [-0.1, -0.05) is 24.8 Å². The maximum absolute atomic E-state index is 4.12. The second-order valence-electron chi connectivity index (χ2n) is 5.55. The van der Waals surface area contributed by atoms with Crippen molar-refractivity contribution in [3.8, 4) is 0 Å². The van der Waals surface area contributed by atoms with E-state index in [4.69, 9.17) is 0 Å². The first kappa shape index (κ1) is 13.8. The Labute approximate surface area is 105 Å². The molecule has 0 aliphatic carbocycles. The fourth-order valence-corrected chi connectivity index (χ4v) is 1.56. The Morgan fingerprint density at radius 1 is 1.24 bits per heavy atom. The molecule has 0 radical (unpaired) electrons. The van der Waals surface area contributed by atoms with E-state index in [-0.39, 0.29) is 5.54 Å². The summed E-state index contributed by atoms with van der Waals surface area (Å²) in [5.41, 5.74) is 2.57. The summed E-state index contributed by atoms with van der Waals surface area (Å²) < 4.78 is 0. The molecule has 17 heavy (non-hydrogen) atoms. The number of benzene rings is 1. The third-order valence-electron chi connectivity index (χ3n) is 2.53. The van der Waals surface area contributed by atoms with Crippen LogP contribution in [0.15, 0.2) is 42.5 Å². The molecule has 94 valence electrons. The summed E-state index contributed by atoms with van der Waals surface area (Å²) in [7, 11) is 2.09. The summed E-state index contributed by atoms with van der Waals surface area (Å²) in [5, 5.41) is 3.45. The van der Waals surface area contributed by atoms with Gasteiger partial charge in [0.15, 0.2) is 0 Å². The molecular formula is C15H24N2. The molecule has 0 bridgehead atoms. The van der Waals surface area contributed by atoms with Gasteiger partial charge in [0.2, 0.25) is 0 Å². The number of nitrogens with one attached hydrogen (secondary N) is 1. The molecule has 1 N–H and O–H groups in total. The first-order valence-electron chi connectivity index (χ1n) is 6.06. The van der Waals surface area contributed by atoms with Gasteiger partial charge in [-0.15, -0.1) is 0 Å².